The Bertz CT molecular complexity index is 587. The molecule has 6 nitrogen and oxygen atoms in total. The maximum absolute atomic E-state index is 12.5. The quantitative estimate of drug-likeness (QED) is 0.753. The van der Waals surface area contributed by atoms with E-state index in [1.807, 2.05) is 4.90 Å². The third-order valence-corrected chi connectivity index (χ3v) is 5.85. The summed E-state index contributed by atoms with van der Waals surface area (Å²) in [5, 5.41) is 0. The van der Waals surface area contributed by atoms with E-state index in [0.717, 1.165) is 12.8 Å². The average Bonchev–Trinajstić information content (AvgIpc) is 3.06. The summed E-state index contributed by atoms with van der Waals surface area (Å²) in [4.78, 5) is 14.4. The summed E-state index contributed by atoms with van der Waals surface area (Å²) in [6.07, 6.45) is 8.54. The summed E-state index contributed by atoms with van der Waals surface area (Å²) < 4.78 is 30.9. The molecule has 0 unspecified atom stereocenters. The molecular weight excluding hydrogens is 316 g/mol. The van der Waals surface area contributed by atoms with Crippen LogP contribution in [0.2, 0.25) is 0 Å². The third kappa shape index (κ3) is 4.33. The van der Waals surface area contributed by atoms with Crippen LogP contribution in [0.25, 0.3) is 0 Å². The summed E-state index contributed by atoms with van der Waals surface area (Å²) in [5.41, 5.74) is 1.27. The first-order chi connectivity index (χ1) is 10.9. The van der Waals surface area contributed by atoms with Crippen molar-refractivity contribution in [2.45, 2.75) is 38.2 Å². The molecule has 1 N–H and O–H groups in total. The largest absolute Gasteiger partial charge is 0.376 e. The summed E-state index contributed by atoms with van der Waals surface area (Å²) in [6, 6.07) is 0. The van der Waals surface area contributed by atoms with E-state index in [9.17, 15) is 13.2 Å². The second kappa shape index (κ2) is 6.91. The lowest BCUT2D eigenvalue weighted by Gasteiger charge is -2.21. The molecule has 0 aromatic carbocycles. The smallest absolute Gasteiger partial charge is 0.226 e. The highest BCUT2D eigenvalue weighted by atomic mass is 32.2. The van der Waals surface area contributed by atoms with Gasteiger partial charge in [0.05, 0.1) is 19.0 Å². The van der Waals surface area contributed by atoms with Gasteiger partial charge in [-0.1, -0.05) is 11.6 Å². The van der Waals surface area contributed by atoms with Crippen LogP contribution in [0, 0.1) is 11.8 Å². The number of nitrogens with zero attached hydrogens (tertiary/aromatic N) is 1. The fourth-order valence-corrected chi connectivity index (χ4v) is 4.36. The number of ether oxygens (including phenoxy) is 1. The van der Waals surface area contributed by atoms with Crippen LogP contribution in [0.3, 0.4) is 0 Å². The van der Waals surface area contributed by atoms with Gasteiger partial charge in [0, 0.05) is 37.9 Å². The first-order valence-corrected chi connectivity index (χ1v) is 10.3. The SMILES string of the molecule is CS(=O)(=O)NC[C@@H]1CO[C@H]2CN(C(=O)CC3=CCCCC3)C[C@@H]12. The van der Waals surface area contributed by atoms with Crippen LogP contribution in [-0.4, -0.2) is 57.8 Å². The minimum Gasteiger partial charge on any atom is -0.376 e. The minimum atomic E-state index is -3.18. The number of sulfonamides is 1. The monoisotopic (exact) mass is 342 g/mol. The van der Waals surface area contributed by atoms with Gasteiger partial charge in [-0.05, 0) is 25.7 Å². The van der Waals surface area contributed by atoms with Crippen LogP contribution in [0.4, 0.5) is 0 Å². The van der Waals surface area contributed by atoms with Crippen molar-refractivity contribution >= 4 is 15.9 Å². The average molecular weight is 342 g/mol. The number of allylic oxidation sites excluding steroid dienone is 1. The van der Waals surface area contributed by atoms with Gasteiger partial charge in [-0.25, -0.2) is 13.1 Å². The Hall–Kier alpha value is -0.920. The molecule has 2 aliphatic heterocycles. The highest BCUT2D eigenvalue weighted by Crippen LogP contribution is 2.34. The highest BCUT2D eigenvalue weighted by molar-refractivity contribution is 7.88. The Morgan fingerprint density at radius 3 is 2.91 bits per heavy atom. The maximum Gasteiger partial charge on any atom is 0.226 e. The molecule has 3 rings (SSSR count). The van der Waals surface area contributed by atoms with Crippen molar-refractivity contribution in [2.24, 2.45) is 11.8 Å². The maximum atomic E-state index is 12.5. The fraction of sp³-hybridized carbons (Fsp3) is 0.812. The van der Waals surface area contributed by atoms with Crippen LogP contribution in [0.1, 0.15) is 32.1 Å². The van der Waals surface area contributed by atoms with Crippen molar-refractivity contribution in [1.29, 1.82) is 0 Å². The summed E-state index contributed by atoms with van der Waals surface area (Å²) >= 11 is 0. The second-order valence-corrected chi connectivity index (χ2v) is 8.83. The Balaban J connectivity index is 1.53. The van der Waals surface area contributed by atoms with Gasteiger partial charge in [-0.15, -0.1) is 0 Å². The second-order valence-electron chi connectivity index (χ2n) is 7.00. The molecular formula is C16H26N2O4S. The topological polar surface area (TPSA) is 75.7 Å². The van der Waals surface area contributed by atoms with E-state index >= 15 is 0 Å². The molecule has 0 radical (unpaired) electrons. The van der Waals surface area contributed by atoms with E-state index in [1.54, 1.807) is 0 Å². The van der Waals surface area contributed by atoms with Crippen LogP contribution >= 0.6 is 0 Å². The first-order valence-electron chi connectivity index (χ1n) is 8.44. The van der Waals surface area contributed by atoms with Crippen molar-refractivity contribution in [2.75, 3.05) is 32.5 Å². The van der Waals surface area contributed by atoms with Crippen LogP contribution in [0.5, 0.6) is 0 Å². The minimum absolute atomic E-state index is 0.0608. The van der Waals surface area contributed by atoms with Gasteiger partial charge in [-0.2, -0.15) is 0 Å². The van der Waals surface area contributed by atoms with Gasteiger partial charge in [0.15, 0.2) is 0 Å². The number of carbonyl (C=O) groups is 1. The molecule has 2 heterocycles. The van der Waals surface area contributed by atoms with Gasteiger partial charge < -0.3 is 9.64 Å². The van der Waals surface area contributed by atoms with Crippen LogP contribution in [-0.2, 0) is 19.6 Å². The number of hydrogen-bond acceptors (Lipinski definition) is 4. The molecule has 7 heteroatoms. The number of fused-ring (bicyclic) bond motifs is 1. The zero-order chi connectivity index (χ0) is 16.4. The van der Waals surface area contributed by atoms with Gasteiger partial charge >= 0.3 is 0 Å². The van der Waals surface area contributed by atoms with Crippen molar-refractivity contribution in [3.05, 3.63) is 11.6 Å². The molecule has 1 aliphatic carbocycles. The van der Waals surface area contributed by atoms with E-state index in [1.165, 1.54) is 24.7 Å². The number of hydrogen-bond donors (Lipinski definition) is 1. The lowest BCUT2D eigenvalue weighted by Crippen LogP contribution is -2.35. The highest BCUT2D eigenvalue weighted by Gasteiger charge is 2.45. The first kappa shape index (κ1) is 16.9. The van der Waals surface area contributed by atoms with Crippen LogP contribution in [0.15, 0.2) is 11.6 Å². The van der Waals surface area contributed by atoms with Gasteiger partial charge in [0.25, 0.3) is 0 Å². The molecule has 2 saturated heterocycles. The zero-order valence-electron chi connectivity index (χ0n) is 13.7. The molecule has 0 aromatic rings. The van der Waals surface area contributed by atoms with E-state index in [-0.39, 0.29) is 23.8 Å². The molecule has 3 atom stereocenters. The molecule has 0 aromatic heterocycles. The molecule has 2 fully saturated rings. The molecule has 23 heavy (non-hydrogen) atoms. The molecule has 0 spiro atoms. The predicted molar refractivity (Wildman–Crippen MR) is 87.3 cm³/mol. The van der Waals surface area contributed by atoms with Gasteiger partial charge in [0.1, 0.15) is 0 Å². The molecule has 0 bridgehead atoms. The Labute approximate surface area is 138 Å². The van der Waals surface area contributed by atoms with Crippen molar-refractivity contribution in [1.82, 2.24) is 9.62 Å². The number of rotatable bonds is 5. The lowest BCUT2D eigenvalue weighted by atomic mass is 9.93. The van der Waals surface area contributed by atoms with E-state index < -0.39 is 10.0 Å². The predicted octanol–water partition coefficient (Wildman–Crippen LogP) is 0.900. The Kier molecular flexibility index (Phi) is 5.08. The third-order valence-electron chi connectivity index (χ3n) is 5.16. The normalized spacial score (nSPS) is 31.1. The molecule has 3 aliphatic rings. The van der Waals surface area contributed by atoms with E-state index in [4.69, 9.17) is 4.74 Å². The molecule has 1 amide bonds. The fourth-order valence-electron chi connectivity index (χ4n) is 3.84. The summed E-state index contributed by atoms with van der Waals surface area (Å²) in [6.45, 7) is 2.30. The van der Waals surface area contributed by atoms with Gasteiger partial charge in [-0.3, -0.25) is 4.79 Å². The van der Waals surface area contributed by atoms with Crippen molar-refractivity contribution in [3.63, 3.8) is 0 Å². The summed E-state index contributed by atoms with van der Waals surface area (Å²) in [7, 11) is -3.18. The van der Waals surface area contributed by atoms with Crippen molar-refractivity contribution < 1.29 is 17.9 Å². The lowest BCUT2D eigenvalue weighted by molar-refractivity contribution is -0.130. The van der Waals surface area contributed by atoms with Crippen LogP contribution < -0.4 is 4.72 Å². The van der Waals surface area contributed by atoms with Gasteiger partial charge in [0.2, 0.25) is 15.9 Å². The summed E-state index contributed by atoms with van der Waals surface area (Å²) in [5.74, 6) is 0.584. The number of likely N-dealkylation sites (tertiary alicyclic amines) is 1. The number of amides is 1. The number of carbonyl (C=O) groups excluding carboxylic acids is 1. The van der Waals surface area contributed by atoms with E-state index in [0.29, 0.717) is 32.7 Å². The Morgan fingerprint density at radius 2 is 2.22 bits per heavy atom. The number of nitrogens with one attached hydrogen (secondary N) is 1. The Morgan fingerprint density at radius 1 is 1.39 bits per heavy atom. The molecule has 130 valence electrons. The van der Waals surface area contributed by atoms with Crippen molar-refractivity contribution in [3.8, 4) is 0 Å². The zero-order valence-corrected chi connectivity index (χ0v) is 14.5. The molecule has 0 saturated carbocycles. The standard InChI is InChI=1S/C16H26N2O4S/c1-23(20,21)17-8-13-11-22-15-10-18(9-14(13)15)16(19)7-12-5-3-2-4-6-12/h5,13-15,17H,2-4,6-11H2,1H3/t13-,14+,15+/m1/s1. The van der Waals surface area contributed by atoms with E-state index in [2.05, 4.69) is 10.8 Å².